The second-order valence-electron chi connectivity index (χ2n) is 3.79. The zero-order chi connectivity index (χ0) is 13.8. The van der Waals surface area contributed by atoms with Crippen LogP contribution >= 0.6 is 27.5 Å². The fourth-order valence-corrected chi connectivity index (χ4v) is 2.51. The maximum atomic E-state index is 9.30. The van der Waals surface area contributed by atoms with Crippen molar-refractivity contribution in [1.82, 2.24) is 4.98 Å². The van der Waals surface area contributed by atoms with Crippen LogP contribution in [0.15, 0.2) is 47.2 Å². The molecule has 19 heavy (non-hydrogen) atoms. The molecule has 0 saturated heterocycles. The van der Waals surface area contributed by atoms with Crippen LogP contribution in [0, 0.1) is 11.3 Å². The molecule has 1 aromatic heterocycles. The quantitative estimate of drug-likeness (QED) is 0.849. The summed E-state index contributed by atoms with van der Waals surface area (Å²) in [6.45, 7) is 0. The van der Waals surface area contributed by atoms with Crippen molar-refractivity contribution in [3.63, 3.8) is 0 Å². The average Bonchev–Trinajstić information content (AvgIpc) is 2.39. The molecule has 0 amide bonds. The minimum atomic E-state index is 0.386. The van der Waals surface area contributed by atoms with Gasteiger partial charge >= 0.3 is 0 Å². The summed E-state index contributed by atoms with van der Waals surface area (Å²) in [5.41, 5.74) is 8.29. The Morgan fingerprint density at radius 2 is 1.89 bits per heavy atom. The monoisotopic (exact) mass is 333 g/mol. The number of hydrogen-bond acceptors (Lipinski definition) is 3. The highest BCUT2D eigenvalue weighted by molar-refractivity contribution is 9.10. The smallest absolute Gasteiger partial charge is 0.102 e. The standard InChI is InChI=1S/C14H9BrClN3/c15-11-5-10(6-12(16)7-11)14(18)13(8-17)9-1-3-19-4-2-9/h1-7H,18H2/b14-13-. The zero-order valence-corrected chi connectivity index (χ0v) is 12.1. The van der Waals surface area contributed by atoms with Crippen LogP contribution in [0.5, 0.6) is 0 Å². The van der Waals surface area contributed by atoms with Gasteiger partial charge in [-0.05, 0) is 35.9 Å². The van der Waals surface area contributed by atoms with Crippen molar-refractivity contribution in [3.8, 4) is 6.07 Å². The third-order valence-corrected chi connectivity index (χ3v) is 3.20. The molecule has 0 unspecified atom stereocenters. The molecular weight excluding hydrogens is 326 g/mol. The number of allylic oxidation sites excluding steroid dienone is 1. The lowest BCUT2D eigenvalue weighted by atomic mass is 10.0. The van der Waals surface area contributed by atoms with Crippen LogP contribution in [0.4, 0.5) is 0 Å². The van der Waals surface area contributed by atoms with Gasteiger partial charge in [0.1, 0.15) is 6.07 Å². The molecule has 0 aliphatic carbocycles. The van der Waals surface area contributed by atoms with Gasteiger partial charge in [0.05, 0.1) is 11.3 Å². The van der Waals surface area contributed by atoms with Gasteiger partial charge in [-0.2, -0.15) is 5.26 Å². The van der Waals surface area contributed by atoms with Gasteiger partial charge in [-0.25, -0.2) is 0 Å². The van der Waals surface area contributed by atoms with E-state index in [2.05, 4.69) is 27.0 Å². The Labute approximate surface area is 124 Å². The number of hydrogen-bond donors (Lipinski definition) is 1. The Hall–Kier alpha value is -1.83. The number of aromatic nitrogens is 1. The zero-order valence-electron chi connectivity index (χ0n) is 9.77. The Balaban J connectivity index is 2.59. The number of nitriles is 1. The van der Waals surface area contributed by atoms with Gasteiger partial charge in [0, 0.05) is 27.5 Å². The second-order valence-corrected chi connectivity index (χ2v) is 5.15. The lowest BCUT2D eigenvalue weighted by molar-refractivity contribution is 1.32. The average molecular weight is 335 g/mol. The maximum absolute atomic E-state index is 9.30. The molecule has 1 aromatic carbocycles. The summed E-state index contributed by atoms with van der Waals surface area (Å²) in [6, 6.07) is 10.9. The minimum absolute atomic E-state index is 0.386. The summed E-state index contributed by atoms with van der Waals surface area (Å²) in [5, 5.41) is 9.85. The van der Waals surface area contributed by atoms with E-state index in [0.717, 1.165) is 10.0 Å². The van der Waals surface area contributed by atoms with E-state index in [1.807, 2.05) is 6.07 Å². The Morgan fingerprint density at radius 1 is 1.21 bits per heavy atom. The lowest BCUT2D eigenvalue weighted by Gasteiger charge is -2.07. The summed E-state index contributed by atoms with van der Waals surface area (Å²) in [5.74, 6) is 0. The fraction of sp³-hybridized carbons (Fsp3) is 0. The van der Waals surface area contributed by atoms with Crippen molar-refractivity contribution in [2.75, 3.05) is 0 Å². The SMILES string of the molecule is N#C/C(=C(/N)c1cc(Cl)cc(Br)c1)c1ccncc1. The Kier molecular flexibility index (Phi) is 4.20. The van der Waals surface area contributed by atoms with Crippen LogP contribution in [0.1, 0.15) is 11.1 Å². The molecule has 0 atom stereocenters. The number of rotatable bonds is 2. The van der Waals surface area contributed by atoms with Crippen LogP contribution in [0.25, 0.3) is 11.3 Å². The summed E-state index contributed by atoms with van der Waals surface area (Å²) in [6.07, 6.45) is 3.24. The van der Waals surface area contributed by atoms with Crippen LogP contribution in [-0.4, -0.2) is 4.98 Å². The highest BCUT2D eigenvalue weighted by Crippen LogP contribution is 2.26. The molecule has 0 spiro atoms. The number of nitrogens with zero attached hydrogens (tertiary/aromatic N) is 2. The molecule has 5 heteroatoms. The van der Waals surface area contributed by atoms with Gasteiger partial charge in [-0.3, -0.25) is 4.98 Å². The van der Waals surface area contributed by atoms with E-state index in [1.165, 1.54) is 0 Å². The Bertz CT molecular complexity index is 655. The number of halogens is 2. The molecule has 2 rings (SSSR count). The predicted octanol–water partition coefficient (Wildman–Crippen LogP) is 3.85. The van der Waals surface area contributed by atoms with Crippen molar-refractivity contribution in [3.05, 3.63) is 63.3 Å². The van der Waals surface area contributed by atoms with Gasteiger partial charge in [0.15, 0.2) is 0 Å². The second kappa shape index (κ2) is 5.87. The van der Waals surface area contributed by atoms with Crippen molar-refractivity contribution >= 4 is 38.8 Å². The van der Waals surface area contributed by atoms with Crippen molar-refractivity contribution in [1.29, 1.82) is 5.26 Å². The first-order valence-corrected chi connectivity index (χ1v) is 6.55. The molecule has 0 radical (unpaired) electrons. The molecule has 0 saturated carbocycles. The van der Waals surface area contributed by atoms with Gasteiger partial charge in [-0.1, -0.05) is 27.5 Å². The fourth-order valence-electron chi connectivity index (χ4n) is 1.65. The third-order valence-electron chi connectivity index (χ3n) is 2.52. The van der Waals surface area contributed by atoms with E-state index in [0.29, 0.717) is 21.9 Å². The normalized spacial score (nSPS) is 11.6. The molecule has 0 bridgehead atoms. The molecule has 0 fully saturated rings. The van der Waals surface area contributed by atoms with Crippen LogP contribution < -0.4 is 5.73 Å². The topological polar surface area (TPSA) is 62.7 Å². The molecule has 94 valence electrons. The van der Waals surface area contributed by atoms with Gasteiger partial charge in [0.25, 0.3) is 0 Å². The van der Waals surface area contributed by atoms with E-state index in [1.54, 1.807) is 36.7 Å². The van der Waals surface area contributed by atoms with Crippen molar-refractivity contribution in [2.45, 2.75) is 0 Å². The predicted molar refractivity (Wildman–Crippen MR) is 80.0 cm³/mol. The molecule has 0 aliphatic rings. The van der Waals surface area contributed by atoms with E-state index < -0.39 is 0 Å². The molecule has 2 N–H and O–H groups in total. The van der Waals surface area contributed by atoms with Gasteiger partial charge in [-0.15, -0.1) is 0 Å². The van der Waals surface area contributed by atoms with Crippen molar-refractivity contribution in [2.24, 2.45) is 5.73 Å². The van der Waals surface area contributed by atoms with E-state index in [4.69, 9.17) is 17.3 Å². The highest BCUT2D eigenvalue weighted by Gasteiger charge is 2.09. The highest BCUT2D eigenvalue weighted by atomic mass is 79.9. The first-order valence-electron chi connectivity index (χ1n) is 5.38. The van der Waals surface area contributed by atoms with E-state index in [9.17, 15) is 5.26 Å². The summed E-state index contributed by atoms with van der Waals surface area (Å²) >= 11 is 9.34. The number of pyridine rings is 1. The Morgan fingerprint density at radius 3 is 2.47 bits per heavy atom. The van der Waals surface area contributed by atoms with Gasteiger partial charge in [0.2, 0.25) is 0 Å². The minimum Gasteiger partial charge on any atom is -0.397 e. The molecule has 3 nitrogen and oxygen atoms in total. The largest absolute Gasteiger partial charge is 0.397 e. The third kappa shape index (κ3) is 3.14. The van der Waals surface area contributed by atoms with Crippen LogP contribution in [-0.2, 0) is 0 Å². The van der Waals surface area contributed by atoms with E-state index in [-0.39, 0.29) is 0 Å². The number of nitrogens with two attached hydrogens (primary N) is 1. The van der Waals surface area contributed by atoms with Crippen LogP contribution in [0.3, 0.4) is 0 Å². The maximum Gasteiger partial charge on any atom is 0.102 e. The lowest BCUT2D eigenvalue weighted by Crippen LogP contribution is -2.01. The van der Waals surface area contributed by atoms with Crippen molar-refractivity contribution < 1.29 is 0 Å². The summed E-state index contributed by atoms with van der Waals surface area (Å²) in [4.78, 5) is 3.92. The van der Waals surface area contributed by atoms with Gasteiger partial charge < -0.3 is 5.73 Å². The summed E-state index contributed by atoms with van der Waals surface area (Å²) < 4.78 is 0.810. The molecular formula is C14H9BrClN3. The van der Waals surface area contributed by atoms with Crippen LogP contribution in [0.2, 0.25) is 5.02 Å². The molecule has 0 aliphatic heterocycles. The number of benzene rings is 1. The summed E-state index contributed by atoms with van der Waals surface area (Å²) in [7, 11) is 0. The first kappa shape index (κ1) is 13.6. The molecule has 2 aromatic rings. The molecule has 1 heterocycles. The van der Waals surface area contributed by atoms with E-state index >= 15 is 0 Å². The first-order chi connectivity index (χ1) is 9.11.